The molecule has 142 valence electrons. The van der Waals surface area contributed by atoms with Gasteiger partial charge in [-0.25, -0.2) is 4.79 Å². The molecule has 0 saturated carbocycles. The lowest BCUT2D eigenvalue weighted by molar-refractivity contribution is -0.125. The van der Waals surface area contributed by atoms with Gasteiger partial charge in [0.15, 0.2) is 0 Å². The van der Waals surface area contributed by atoms with Crippen LogP contribution in [0.25, 0.3) is 5.70 Å². The molecule has 3 rings (SSSR count). The normalized spacial score (nSPS) is 14.5. The van der Waals surface area contributed by atoms with E-state index in [1.165, 1.54) is 0 Å². The van der Waals surface area contributed by atoms with E-state index in [2.05, 4.69) is 0 Å². The third kappa shape index (κ3) is 4.27. The van der Waals surface area contributed by atoms with Gasteiger partial charge < -0.3 is 14.2 Å². The number of thioether (sulfide) groups is 1. The van der Waals surface area contributed by atoms with E-state index in [4.69, 9.17) is 4.74 Å². The van der Waals surface area contributed by atoms with Crippen LogP contribution in [0.2, 0.25) is 0 Å². The van der Waals surface area contributed by atoms with Crippen LogP contribution in [0.1, 0.15) is 35.3 Å². The minimum Gasteiger partial charge on any atom is -0.459 e. The number of carbonyl (C=O) groups excluding carboxylic acids is 2. The van der Waals surface area contributed by atoms with Crippen LogP contribution in [0.5, 0.6) is 0 Å². The van der Waals surface area contributed by atoms with E-state index in [-0.39, 0.29) is 18.0 Å². The molecule has 2 heterocycles. The smallest absolute Gasteiger partial charge is 0.341 e. The van der Waals surface area contributed by atoms with E-state index < -0.39 is 0 Å². The second-order valence-electron chi connectivity index (χ2n) is 6.92. The van der Waals surface area contributed by atoms with Crippen molar-refractivity contribution in [2.75, 3.05) is 12.8 Å². The number of ether oxygens (including phenoxy) is 1. The molecular formula is C21H24N2O3S. The molecule has 0 unspecified atom stereocenters. The van der Waals surface area contributed by atoms with Crippen molar-refractivity contribution in [3.63, 3.8) is 0 Å². The number of esters is 1. The molecule has 0 saturated heterocycles. The average molecular weight is 385 g/mol. The second-order valence-corrected chi connectivity index (χ2v) is 7.88. The van der Waals surface area contributed by atoms with Gasteiger partial charge in [-0.15, -0.1) is 11.8 Å². The van der Waals surface area contributed by atoms with Gasteiger partial charge in [0.2, 0.25) is 5.91 Å². The summed E-state index contributed by atoms with van der Waals surface area (Å²) < 4.78 is 7.30. The number of likely N-dealkylation sites (N-methyl/N-ethyl adjacent to an activating group) is 1. The molecule has 1 amide bonds. The van der Waals surface area contributed by atoms with Gasteiger partial charge in [0.05, 0.1) is 16.7 Å². The molecule has 27 heavy (non-hydrogen) atoms. The Hall–Kier alpha value is -2.47. The molecule has 0 fully saturated rings. The van der Waals surface area contributed by atoms with E-state index in [1.807, 2.05) is 61.9 Å². The Balaban J connectivity index is 1.79. The van der Waals surface area contributed by atoms with Crippen LogP contribution in [-0.4, -0.2) is 40.2 Å². The Kier molecular flexibility index (Phi) is 5.75. The lowest BCUT2D eigenvalue weighted by Gasteiger charge is -2.15. The molecule has 0 aliphatic carbocycles. The fraction of sp³-hybridized carbons (Fsp3) is 0.333. The molecule has 1 aromatic carbocycles. The lowest BCUT2D eigenvalue weighted by Crippen LogP contribution is -2.24. The summed E-state index contributed by atoms with van der Waals surface area (Å²) in [6.45, 7) is 6.12. The predicted molar refractivity (Wildman–Crippen MR) is 108 cm³/mol. The maximum atomic E-state index is 12.6. The maximum Gasteiger partial charge on any atom is 0.341 e. The molecule has 1 aliphatic heterocycles. The van der Waals surface area contributed by atoms with Gasteiger partial charge in [0.1, 0.15) is 0 Å². The van der Waals surface area contributed by atoms with E-state index in [0.29, 0.717) is 17.9 Å². The minimum atomic E-state index is -0.308. The number of aryl methyl sites for hydroxylation is 1. The van der Waals surface area contributed by atoms with E-state index >= 15 is 0 Å². The summed E-state index contributed by atoms with van der Waals surface area (Å²) >= 11 is 1.56. The summed E-state index contributed by atoms with van der Waals surface area (Å²) in [4.78, 5) is 26.7. The quantitative estimate of drug-likeness (QED) is 0.578. The fourth-order valence-corrected chi connectivity index (χ4v) is 4.20. The summed E-state index contributed by atoms with van der Waals surface area (Å²) in [5.41, 5.74) is 3.43. The minimum absolute atomic E-state index is 0.0556. The van der Waals surface area contributed by atoms with Crippen molar-refractivity contribution in [2.24, 2.45) is 0 Å². The first-order valence-electron chi connectivity index (χ1n) is 8.92. The SMILES string of the molecule is Cc1cn2c(c1C(=O)OC(C)C)SCC2=CC(=O)N(C)Cc1ccccc1. The van der Waals surface area contributed by atoms with Crippen molar-refractivity contribution < 1.29 is 14.3 Å². The molecule has 1 aromatic heterocycles. The Morgan fingerprint density at radius 2 is 2.00 bits per heavy atom. The zero-order valence-corrected chi connectivity index (χ0v) is 16.9. The van der Waals surface area contributed by atoms with Crippen LogP contribution in [0.3, 0.4) is 0 Å². The number of fused-ring (bicyclic) bond motifs is 1. The van der Waals surface area contributed by atoms with Crippen molar-refractivity contribution >= 4 is 29.3 Å². The lowest BCUT2D eigenvalue weighted by atomic mass is 10.2. The average Bonchev–Trinajstić information content (AvgIpc) is 3.13. The molecule has 1 aliphatic rings. The second kappa shape index (κ2) is 8.05. The summed E-state index contributed by atoms with van der Waals surface area (Å²) in [6.07, 6.45) is 3.40. The molecule has 5 nitrogen and oxygen atoms in total. The largest absolute Gasteiger partial charge is 0.459 e. The van der Waals surface area contributed by atoms with E-state index in [9.17, 15) is 9.59 Å². The van der Waals surface area contributed by atoms with Crippen LogP contribution in [-0.2, 0) is 16.1 Å². The highest BCUT2D eigenvalue weighted by Crippen LogP contribution is 2.38. The third-order valence-corrected chi connectivity index (χ3v) is 5.41. The summed E-state index contributed by atoms with van der Waals surface area (Å²) in [7, 11) is 1.79. The molecular weight excluding hydrogens is 360 g/mol. The molecule has 0 N–H and O–H groups in total. The number of nitrogens with zero attached hydrogens (tertiary/aromatic N) is 2. The highest BCUT2D eigenvalue weighted by Gasteiger charge is 2.28. The third-order valence-electron chi connectivity index (χ3n) is 4.29. The van der Waals surface area contributed by atoms with Crippen LogP contribution >= 0.6 is 11.8 Å². The first kappa shape index (κ1) is 19.3. The summed E-state index contributed by atoms with van der Waals surface area (Å²) in [5, 5.41) is 0.850. The predicted octanol–water partition coefficient (Wildman–Crippen LogP) is 3.97. The highest BCUT2D eigenvalue weighted by molar-refractivity contribution is 8.00. The Bertz CT molecular complexity index is 884. The van der Waals surface area contributed by atoms with E-state index in [1.54, 1.807) is 29.8 Å². The van der Waals surface area contributed by atoms with Gasteiger partial charge in [-0.1, -0.05) is 30.3 Å². The standard InChI is InChI=1S/C21H24N2O3S/c1-14(2)26-21(25)19-15(3)11-23-17(13-27-20(19)23)10-18(24)22(4)12-16-8-6-5-7-9-16/h5-11,14H,12-13H2,1-4H3. The number of amides is 1. The maximum absolute atomic E-state index is 12.6. The molecule has 0 radical (unpaired) electrons. The number of benzene rings is 1. The number of hydrogen-bond donors (Lipinski definition) is 0. The van der Waals surface area contributed by atoms with Crippen LogP contribution in [0, 0.1) is 6.92 Å². The first-order valence-corrected chi connectivity index (χ1v) is 9.91. The van der Waals surface area contributed by atoms with Gasteiger partial charge in [-0.05, 0) is 31.9 Å². The monoisotopic (exact) mass is 384 g/mol. The topological polar surface area (TPSA) is 51.5 Å². The Morgan fingerprint density at radius 3 is 2.67 bits per heavy atom. The molecule has 2 aromatic rings. The number of hydrogen-bond acceptors (Lipinski definition) is 4. The summed E-state index contributed by atoms with van der Waals surface area (Å²) in [6, 6.07) is 9.89. The molecule has 0 bridgehead atoms. The molecule has 0 atom stereocenters. The van der Waals surface area contributed by atoms with Crippen LogP contribution < -0.4 is 0 Å². The zero-order chi connectivity index (χ0) is 19.6. The highest BCUT2D eigenvalue weighted by atomic mass is 32.2. The Labute approximate surface area is 164 Å². The van der Waals surface area contributed by atoms with Gasteiger partial charge in [-0.2, -0.15) is 0 Å². The molecule has 0 spiro atoms. The van der Waals surface area contributed by atoms with Gasteiger partial charge in [0.25, 0.3) is 0 Å². The number of aromatic nitrogens is 1. The summed E-state index contributed by atoms with van der Waals surface area (Å²) in [5.74, 6) is 0.292. The van der Waals surface area contributed by atoms with Crippen molar-refractivity contribution in [1.29, 1.82) is 0 Å². The first-order chi connectivity index (χ1) is 12.9. The van der Waals surface area contributed by atoms with Crippen molar-refractivity contribution in [1.82, 2.24) is 9.47 Å². The van der Waals surface area contributed by atoms with Crippen molar-refractivity contribution in [3.8, 4) is 0 Å². The van der Waals surface area contributed by atoms with Gasteiger partial charge in [-0.3, -0.25) is 4.79 Å². The van der Waals surface area contributed by atoms with Gasteiger partial charge >= 0.3 is 5.97 Å². The van der Waals surface area contributed by atoms with Crippen molar-refractivity contribution in [3.05, 3.63) is 59.3 Å². The number of rotatable bonds is 5. The van der Waals surface area contributed by atoms with Crippen LogP contribution in [0.15, 0.2) is 47.6 Å². The van der Waals surface area contributed by atoms with Crippen LogP contribution in [0.4, 0.5) is 0 Å². The Morgan fingerprint density at radius 1 is 1.30 bits per heavy atom. The molecule has 6 heteroatoms. The number of carbonyl (C=O) groups is 2. The zero-order valence-electron chi connectivity index (χ0n) is 16.1. The fourth-order valence-electron chi connectivity index (χ4n) is 2.99. The van der Waals surface area contributed by atoms with Gasteiger partial charge in [0, 0.05) is 37.3 Å². The van der Waals surface area contributed by atoms with E-state index in [0.717, 1.165) is 21.8 Å². The van der Waals surface area contributed by atoms with Crippen molar-refractivity contribution in [2.45, 2.75) is 38.4 Å².